The fraction of sp³-hybridized carbons (Fsp3) is 0.435. The Kier molecular flexibility index (Phi) is 7.56. The Bertz CT molecular complexity index is 888. The normalized spacial score (nSPS) is 25.9. The van der Waals surface area contributed by atoms with Gasteiger partial charge in [0, 0.05) is 11.1 Å². The number of hydrogen-bond acceptors (Lipinski definition) is 6. The molecule has 0 spiro atoms. The fourth-order valence-corrected chi connectivity index (χ4v) is 4.20. The maximum Gasteiger partial charge on any atom is 0.290 e. The molecule has 0 bridgehead atoms. The first-order valence-corrected chi connectivity index (χ1v) is 10.1. The van der Waals surface area contributed by atoms with Gasteiger partial charge in [0.05, 0.1) is 11.1 Å². The smallest absolute Gasteiger partial charge is 0.290 e. The summed E-state index contributed by atoms with van der Waals surface area (Å²) < 4.78 is 0. The van der Waals surface area contributed by atoms with Crippen molar-refractivity contribution in [3.63, 3.8) is 0 Å². The van der Waals surface area contributed by atoms with Crippen LogP contribution in [0.1, 0.15) is 66.7 Å². The van der Waals surface area contributed by atoms with Crippen molar-refractivity contribution in [3.8, 4) is 11.5 Å². The highest BCUT2D eigenvalue weighted by Gasteiger charge is 2.44. The van der Waals surface area contributed by atoms with E-state index in [-0.39, 0.29) is 40.6 Å². The second-order valence-electron chi connectivity index (χ2n) is 7.97. The first-order valence-electron chi connectivity index (χ1n) is 10.1. The first-order chi connectivity index (χ1) is 14.2. The molecule has 0 heterocycles. The fourth-order valence-electron chi connectivity index (χ4n) is 4.20. The van der Waals surface area contributed by atoms with E-state index in [1.165, 1.54) is 18.2 Å². The summed E-state index contributed by atoms with van der Waals surface area (Å²) in [6.07, 6.45) is 9.71. The average Bonchev–Trinajstić information content (AvgIpc) is 2.70. The third kappa shape index (κ3) is 4.62. The number of fused-ring (bicyclic) bond motifs is 1. The van der Waals surface area contributed by atoms with E-state index in [4.69, 9.17) is 15.6 Å². The number of hydrogen-bond donors (Lipinski definition) is 4. The molecule has 7 nitrogen and oxygen atoms in total. The molecule has 2 aliphatic rings. The highest BCUT2D eigenvalue weighted by atomic mass is 16.3. The lowest BCUT2D eigenvalue weighted by atomic mass is 9.65. The quantitative estimate of drug-likeness (QED) is 0.335. The second-order valence-corrected chi connectivity index (χ2v) is 7.97. The summed E-state index contributed by atoms with van der Waals surface area (Å²) in [6.45, 7) is 4.06. The second kappa shape index (κ2) is 9.71. The van der Waals surface area contributed by atoms with Gasteiger partial charge < -0.3 is 21.1 Å². The van der Waals surface area contributed by atoms with Crippen LogP contribution < -0.4 is 5.73 Å². The van der Waals surface area contributed by atoms with E-state index in [0.717, 1.165) is 19.3 Å². The van der Waals surface area contributed by atoms with Crippen molar-refractivity contribution in [3.05, 3.63) is 47.1 Å². The van der Waals surface area contributed by atoms with Crippen LogP contribution in [0.3, 0.4) is 0 Å². The number of allylic oxidation sites excluding steroid dienone is 3. The van der Waals surface area contributed by atoms with Crippen LogP contribution in [-0.2, 0) is 4.79 Å². The van der Waals surface area contributed by atoms with E-state index in [1.54, 1.807) is 0 Å². The van der Waals surface area contributed by atoms with Crippen LogP contribution in [-0.4, -0.2) is 38.9 Å². The average molecular weight is 415 g/mol. The summed E-state index contributed by atoms with van der Waals surface area (Å²) >= 11 is 0. The van der Waals surface area contributed by atoms with Crippen molar-refractivity contribution in [2.24, 2.45) is 17.6 Å². The van der Waals surface area contributed by atoms with Gasteiger partial charge in [0.25, 0.3) is 6.47 Å². The number of nitrogens with two attached hydrogens (primary N) is 1. The van der Waals surface area contributed by atoms with Gasteiger partial charge in [0.2, 0.25) is 0 Å². The molecule has 1 fully saturated rings. The van der Waals surface area contributed by atoms with Gasteiger partial charge in [-0.25, -0.2) is 0 Å². The lowest BCUT2D eigenvalue weighted by molar-refractivity contribution is -0.122. The highest BCUT2D eigenvalue weighted by Crippen LogP contribution is 2.44. The van der Waals surface area contributed by atoms with Crippen LogP contribution in [0.4, 0.5) is 0 Å². The SMILES string of the molecule is CCCC=CC1CC(N)(C2=CC(=O)c3c(O)ccc(O)c3C2=O)CCC1C.O=CO. The molecule has 0 radical (unpaired) electrons. The molecule has 3 rings (SSSR count). The molecule has 2 aliphatic carbocycles. The Morgan fingerprint density at radius 1 is 1.20 bits per heavy atom. The van der Waals surface area contributed by atoms with Crippen molar-refractivity contribution >= 4 is 18.0 Å². The minimum atomic E-state index is -0.921. The minimum Gasteiger partial charge on any atom is -0.507 e. The maximum atomic E-state index is 13.1. The number of carbonyl (C=O) groups is 3. The molecule has 30 heavy (non-hydrogen) atoms. The van der Waals surface area contributed by atoms with Crippen molar-refractivity contribution in [2.75, 3.05) is 0 Å². The summed E-state index contributed by atoms with van der Waals surface area (Å²) in [5.41, 5.74) is 5.70. The third-order valence-electron chi connectivity index (χ3n) is 5.91. The molecular weight excluding hydrogens is 386 g/mol. The number of rotatable bonds is 4. The predicted octanol–water partition coefficient (Wildman–Crippen LogP) is 3.59. The van der Waals surface area contributed by atoms with Crippen LogP contribution in [0.25, 0.3) is 0 Å². The Hall–Kier alpha value is -2.93. The molecular formula is C23H29NO6. The minimum absolute atomic E-state index is 0.140. The molecule has 0 amide bonds. The van der Waals surface area contributed by atoms with Crippen LogP contribution in [0.15, 0.2) is 35.9 Å². The van der Waals surface area contributed by atoms with Crippen LogP contribution in [0.5, 0.6) is 11.5 Å². The Morgan fingerprint density at radius 2 is 1.80 bits per heavy atom. The molecule has 1 aromatic rings. The number of benzene rings is 1. The zero-order valence-corrected chi connectivity index (χ0v) is 17.3. The largest absolute Gasteiger partial charge is 0.507 e. The van der Waals surface area contributed by atoms with E-state index in [0.29, 0.717) is 18.8 Å². The molecule has 1 aromatic carbocycles. The molecule has 3 unspecified atom stereocenters. The molecule has 7 heteroatoms. The number of unbranched alkanes of at least 4 members (excludes halogenated alkanes) is 1. The standard InChI is InChI=1S/C22H27NO4.CH2O2/c1-3-4-5-6-14-12-22(23,10-9-13(14)2)15-11-18(26)19-16(24)7-8-17(25)20(19)21(15)27;2-1-3/h5-8,11,13-14,24-25H,3-4,9-10,12,23H2,1-2H3;1H,(H,2,3). The van der Waals surface area contributed by atoms with Crippen molar-refractivity contribution in [2.45, 2.75) is 51.5 Å². The zero-order chi connectivity index (χ0) is 22.5. The predicted molar refractivity (Wildman–Crippen MR) is 113 cm³/mol. The molecule has 0 aromatic heterocycles. The number of aromatic hydroxyl groups is 2. The van der Waals surface area contributed by atoms with Crippen molar-refractivity contribution < 1.29 is 29.7 Å². The van der Waals surface area contributed by atoms with Gasteiger partial charge >= 0.3 is 0 Å². The van der Waals surface area contributed by atoms with Crippen LogP contribution in [0, 0.1) is 11.8 Å². The Balaban J connectivity index is 0.00000101. The monoisotopic (exact) mass is 415 g/mol. The topological polar surface area (TPSA) is 138 Å². The lowest BCUT2D eigenvalue weighted by Crippen LogP contribution is -2.50. The molecule has 0 saturated heterocycles. The van der Waals surface area contributed by atoms with Gasteiger partial charge in [-0.05, 0) is 55.7 Å². The van der Waals surface area contributed by atoms with E-state index in [9.17, 15) is 19.8 Å². The summed E-state index contributed by atoms with van der Waals surface area (Å²) in [6, 6.07) is 2.44. The number of carbonyl (C=O) groups excluding carboxylic acids is 2. The van der Waals surface area contributed by atoms with E-state index < -0.39 is 17.1 Å². The summed E-state index contributed by atoms with van der Waals surface area (Å²) in [4.78, 5) is 34.0. The van der Waals surface area contributed by atoms with Crippen LogP contribution >= 0.6 is 0 Å². The molecule has 1 saturated carbocycles. The van der Waals surface area contributed by atoms with Crippen molar-refractivity contribution in [1.82, 2.24) is 0 Å². The van der Waals surface area contributed by atoms with Gasteiger partial charge in [0.15, 0.2) is 11.6 Å². The first kappa shape index (κ1) is 23.3. The van der Waals surface area contributed by atoms with Crippen molar-refractivity contribution in [1.29, 1.82) is 0 Å². The van der Waals surface area contributed by atoms with Gasteiger partial charge in [-0.3, -0.25) is 14.4 Å². The summed E-state index contributed by atoms with van der Waals surface area (Å²) in [5.74, 6) is -0.882. The highest BCUT2D eigenvalue weighted by molar-refractivity contribution is 6.27. The van der Waals surface area contributed by atoms with E-state index in [1.807, 2.05) is 0 Å². The molecule has 162 valence electrons. The number of phenolic OH excluding ortho intramolecular Hbond substituents is 2. The Morgan fingerprint density at radius 3 is 2.40 bits per heavy atom. The Labute approximate surface area is 175 Å². The van der Waals surface area contributed by atoms with Crippen LogP contribution in [0.2, 0.25) is 0 Å². The molecule has 5 N–H and O–H groups in total. The molecule has 0 aliphatic heterocycles. The van der Waals surface area contributed by atoms with E-state index >= 15 is 0 Å². The summed E-state index contributed by atoms with van der Waals surface area (Å²) in [7, 11) is 0. The van der Waals surface area contributed by atoms with Gasteiger partial charge in [-0.2, -0.15) is 0 Å². The summed E-state index contributed by atoms with van der Waals surface area (Å²) in [5, 5.41) is 27.0. The number of ketones is 2. The lowest BCUT2D eigenvalue weighted by Gasteiger charge is -2.42. The third-order valence-corrected chi connectivity index (χ3v) is 5.91. The number of phenols is 2. The maximum absolute atomic E-state index is 13.1. The van der Waals surface area contributed by atoms with E-state index in [2.05, 4.69) is 26.0 Å². The number of carboxylic acid groups (broad SMARTS) is 1. The van der Waals surface area contributed by atoms with Gasteiger partial charge in [-0.15, -0.1) is 0 Å². The van der Waals surface area contributed by atoms with Gasteiger partial charge in [0.1, 0.15) is 11.5 Å². The zero-order valence-electron chi connectivity index (χ0n) is 17.3. The number of Topliss-reactive ketones (excluding diaryl/α,β-unsaturated/α-hetero) is 1. The van der Waals surface area contributed by atoms with Gasteiger partial charge in [-0.1, -0.05) is 32.4 Å². The molecule has 3 atom stereocenters.